The van der Waals surface area contributed by atoms with Gasteiger partial charge in [0.25, 0.3) is 12.9 Å². The molecule has 0 saturated carbocycles. The van der Waals surface area contributed by atoms with E-state index in [0.717, 1.165) is 22.6 Å². The second kappa shape index (κ2) is 10.2. The van der Waals surface area contributed by atoms with Crippen LogP contribution in [-0.2, 0) is 24.5 Å². The van der Waals surface area contributed by atoms with Crippen molar-refractivity contribution in [1.29, 1.82) is 0 Å². The van der Waals surface area contributed by atoms with Gasteiger partial charge in [0.15, 0.2) is 0 Å². The fourth-order valence-electron chi connectivity index (χ4n) is 2.61. The van der Waals surface area contributed by atoms with E-state index in [-0.39, 0.29) is 18.6 Å². The number of hydrogen-bond acceptors (Lipinski definition) is 6. The van der Waals surface area contributed by atoms with E-state index < -0.39 is 0 Å². The summed E-state index contributed by atoms with van der Waals surface area (Å²) in [7, 11) is 0. The molecule has 0 aliphatic rings. The third-order valence-corrected chi connectivity index (χ3v) is 4.23. The van der Waals surface area contributed by atoms with Gasteiger partial charge in [0.05, 0.1) is 0 Å². The molecule has 27 heavy (non-hydrogen) atoms. The molecule has 0 saturated heterocycles. The molecule has 144 valence electrons. The molecule has 2 rings (SSSR count). The smallest absolute Gasteiger partial charge is 0.293 e. The van der Waals surface area contributed by atoms with Crippen LogP contribution >= 0.6 is 0 Å². The van der Waals surface area contributed by atoms with Gasteiger partial charge in [0.2, 0.25) is 0 Å². The molecule has 0 unspecified atom stereocenters. The van der Waals surface area contributed by atoms with E-state index in [1.165, 1.54) is 0 Å². The van der Waals surface area contributed by atoms with Crippen molar-refractivity contribution >= 4 is 12.9 Å². The van der Waals surface area contributed by atoms with Gasteiger partial charge in [-0.05, 0) is 35.4 Å². The molecule has 2 aromatic rings. The minimum atomic E-state index is -0.196. The maximum absolute atomic E-state index is 10.1. The van der Waals surface area contributed by atoms with Gasteiger partial charge in [-0.3, -0.25) is 9.59 Å². The Morgan fingerprint density at radius 3 is 1.37 bits per heavy atom. The Bertz CT molecular complexity index is 645. The summed E-state index contributed by atoms with van der Waals surface area (Å²) < 4.78 is 20.2. The van der Waals surface area contributed by atoms with Gasteiger partial charge in [-0.2, -0.15) is 0 Å². The summed E-state index contributed by atoms with van der Waals surface area (Å²) in [5.74, 6) is 1.45. The predicted octanol–water partition coefficient (Wildman–Crippen LogP) is 3.12. The van der Waals surface area contributed by atoms with Gasteiger partial charge >= 0.3 is 0 Å². The second-order valence-electron chi connectivity index (χ2n) is 6.30. The SMILES string of the molecule is CC(C)(c1ccc(OCCOC=O)cc1)c1ccc(OCCOC=O)cc1. The van der Waals surface area contributed by atoms with Crippen LogP contribution in [0.4, 0.5) is 0 Å². The molecule has 0 fully saturated rings. The molecule has 6 nitrogen and oxygen atoms in total. The minimum Gasteiger partial charge on any atom is -0.490 e. The molecule has 0 aromatic heterocycles. The minimum absolute atomic E-state index is 0.196. The van der Waals surface area contributed by atoms with E-state index in [1.807, 2.05) is 48.5 Å². The molecule has 0 amide bonds. The number of benzene rings is 2. The van der Waals surface area contributed by atoms with E-state index in [2.05, 4.69) is 23.3 Å². The standard InChI is InChI=1S/C21H24O6/c1-21(2,17-3-7-19(8-4-17)26-13-11-24-15-22)18-5-9-20(10-6-18)27-14-12-25-16-23/h3-10,15-16H,11-14H2,1-2H3. The molecule has 0 heterocycles. The topological polar surface area (TPSA) is 71.1 Å². The maximum atomic E-state index is 10.1. The zero-order valence-corrected chi connectivity index (χ0v) is 15.6. The first-order chi connectivity index (χ1) is 13.1. The van der Waals surface area contributed by atoms with Crippen LogP contribution in [0.1, 0.15) is 25.0 Å². The quantitative estimate of drug-likeness (QED) is 0.421. The van der Waals surface area contributed by atoms with Crippen LogP contribution in [-0.4, -0.2) is 39.4 Å². The molecular formula is C21H24O6. The number of hydrogen-bond donors (Lipinski definition) is 0. The van der Waals surface area contributed by atoms with Gasteiger partial charge < -0.3 is 18.9 Å². The molecule has 0 spiro atoms. The van der Waals surface area contributed by atoms with Gasteiger partial charge in [-0.15, -0.1) is 0 Å². The van der Waals surface area contributed by atoms with Gasteiger partial charge in [-0.25, -0.2) is 0 Å². The van der Waals surface area contributed by atoms with Crippen LogP contribution in [0.15, 0.2) is 48.5 Å². The van der Waals surface area contributed by atoms with Crippen molar-refractivity contribution in [3.8, 4) is 11.5 Å². The predicted molar refractivity (Wildman–Crippen MR) is 100 cm³/mol. The lowest BCUT2D eigenvalue weighted by molar-refractivity contribution is -0.130. The van der Waals surface area contributed by atoms with Crippen LogP contribution in [0.2, 0.25) is 0 Å². The fourth-order valence-corrected chi connectivity index (χ4v) is 2.61. The van der Waals surface area contributed by atoms with Crippen molar-refractivity contribution in [2.75, 3.05) is 26.4 Å². The highest BCUT2D eigenvalue weighted by Gasteiger charge is 2.23. The average molecular weight is 372 g/mol. The summed E-state index contributed by atoms with van der Waals surface area (Å²) in [4.78, 5) is 20.2. The third kappa shape index (κ3) is 6.02. The van der Waals surface area contributed by atoms with Crippen LogP contribution in [0.5, 0.6) is 11.5 Å². The van der Waals surface area contributed by atoms with Crippen molar-refractivity contribution in [2.45, 2.75) is 19.3 Å². The Hall–Kier alpha value is -3.02. The maximum Gasteiger partial charge on any atom is 0.293 e. The van der Waals surface area contributed by atoms with Gasteiger partial charge in [0.1, 0.15) is 37.9 Å². The molecular weight excluding hydrogens is 348 g/mol. The van der Waals surface area contributed by atoms with Crippen LogP contribution in [0, 0.1) is 0 Å². The zero-order valence-electron chi connectivity index (χ0n) is 15.6. The number of carbonyl (C=O) groups is 2. The van der Waals surface area contributed by atoms with Crippen molar-refractivity contribution in [3.05, 3.63) is 59.7 Å². The largest absolute Gasteiger partial charge is 0.490 e. The highest BCUT2D eigenvalue weighted by atomic mass is 16.6. The first-order valence-corrected chi connectivity index (χ1v) is 8.65. The Morgan fingerprint density at radius 2 is 1.04 bits per heavy atom. The monoisotopic (exact) mass is 372 g/mol. The Morgan fingerprint density at radius 1 is 0.667 bits per heavy atom. The van der Waals surface area contributed by atoms with E-state index in [1.54, 1.807) is 0 Å². The number of ether oxygens (including phenoxy) is 4. The second-order valence-corrected chi connectivity index (χ2v) is 6.30. The van der Waals surface area contributed by atoms with Crippen molar-refractivity contribution in [1.82, 2.24) is 0 Å². The number of carbonyl (C=O) groups excluding carboxylic acids is 2. The van der Waals surface area contributed by atoms with Crippen molar-refractivity contribution in [2.24, 2.45) is 0 Å². The molecule has 0 radical (unpaired) electrons. The summed E-state index contributed by atoms with van der Waals surface area (Å²) >= 11 is 0. The van der Waals surface area contributed by atoms with E-state index in [9.17, 15) is 9.59 Å². The van der Waals surface area contributed by atoms with Crippen LogP contribution in [0.3, 0.4) is 0 Å². The first kappa shape index (κ1) is 20.3. The molecule has 0 atom stereocenters. The summed E-state index contributed by atoms with van der Waals surface area (Å²) in [6.45, 7) is 6.21. The number of rotatable bonds is 12. The lowest BCUT2D eigenvalue weighted by atomic mass is 9.78. The van der Waals surface area contributed by atoms with Crippen LogP contribution in [0.25, 0.3) is 0 Å². The molecule has 0 aliphatic heterocycles. The lowest BCUT2D eigenvalue weighted by Gasteiger charge is -2.26. The summed E-state index contributed by atoms with van der Waals surface area (Å²) in [5, 5.41) is 0. The van der Waals surface area contributed by atoms with Gasteiger partial charge in [0, 0.05) is 5.41 Å². The van der Waals surface area contributed by atoms with E-state index >= 15 is 0 Å². The molecule has 2 aromatic carbocycles. The molecule has 6 heteroatoms. The molecule has 0 aliphatic carbocycles. The zero-order chi connectivity index (χ0) is 19.5. The first-order valence-electron chi connectivity index (χ1n) is 8.65. The summed E-state index contributed by atoms with van der Waals surface area (Å²) in [5.41, 5.74) is 2.09. The highest BCUT2D eigenvalue weighted by molar-refractivity contribution is 5.42. The van der Waals surface area contributed by atoms with Crippen LogP contribution < -0.4 is 9.47 Å². The van der Waals surface area contributed by atoms with E-state index in [0.29, 0.717) is 26.2 Å². The Kier molecular flexibility index (Phi) is 7.67. The normalized spacial score (nSPS) is 10.7. The van der Waals surface area contributed by atoms with Crippen molar-refractivity contribution in [3.63, 3.8) is 0 Å². The van der Waals surface area contributed by atoms with Gasteiger partial charge in [-0.1, -0.05) is 38.1 Å². The third-order valence-electron chi connectivity index (χ3n) is 4.23. The fraction of sp³-hybridized carbons (Fsp3) is 0.333. The molecule has 0 bridgehead atoms. The molecule has 0 N–H and O–H groups in total. The summed E-state index contributed by atoms with van der Waals surface area (Å²) in [6, 6.07) is 15.7. The Labute approximate surface area is 159 Å². The average Bonchev–Trinajstić information content (AvgIpc) is 2.69. The Balaban J connectivity index is 1.97. The lowest BCUT2D eigenvalue weighted by Crippen LogP contribution is -2.18. The highest BCUT2D eigenvalue weighted by Crippen LogP contribution is 2.33. The van der Waals surface area contributed by atoms with Crippen molar-refractivity contribution < 1.29 is 28.5 Å². The van der Waals surface area contributed by atoms with E-state index in [4.69, 9.17) is 9.47 Å². The summed E-state index contributed by atoms with van der Waals surface area (Å²) in [6.07, 6.45) is 0.